The van der Waals surface area contributed by atoms with Crippen molar-refractivity contribution in [1.82, 2.24) is 5.32 Å². The van der Waals surface area contributed by atoms with Gasteiger partial charge in [0.1, 0.15) is 0 Å². The molecule has 0 aliphatic carbocycles. The zero-order valence-electron chi connectivity index (χ0n) is 5.44. The highest BCUT2D eigenvalue weighted by Gasteiger charge is 2.47. The lowest BCUT2D eigenvalue weighted by atomic mass is 10.2. The zero-order valence-corrected chi connectivity index (χ0v) is 5.44. The van der Waals surface area contributed by atoms with Crippen LogP contribution in [0.1, 0.15) is 0 Å². The zero-order chi connectivity index (χ0) is 8.48. The molecule has 1 aliphatic heterocycles. The Kier molecular flexibility index (Phi) is 1.61. The molecule has 0 aromatic rings. The van der Waals surface area contributed by atoms with Crippen molar-refractivity contribution < 1.29 is 19.8 Å². The number of hydrogen-bond donors (Lipinski definition) is 3. The van der Waals surface area contributed by atoms with Crippen LogP contribution in [0.15, 0.2) is 4.99 Å². The smallest absolute Gasteiger partial charge is 0.358 e. The first kappa shape index (κ1) is 7.67. The average Bonchev–Trinajstić information content (AvgIpc) is 2.34. The predicted octanol–water partition coefficient (Wildman–Crippen LogP) is -1.47. The van der Waals surface area contributed by atoms with Crippen molar-refractivity contribution in [3.05, 3.63) is 0 Å². The van der Waals surface area contributed by atoms with Crippen molar-refractivity contribution in [1.29, 1.82) is 0 Å². The fourth-order valence-corrected chi connectivity index (χ4v) is 0.775. The lowest BCUT2D eigenvalue weighted by molar-refractivity contribution is -0.157. The molecule has 6 nitrogen and oxygen atoms in total. The molecule has 0 saturated heterocycles. The van der Waals surface area contributed by atoms with Crippen LogP contribution in [0, 0.1) is 0 Å². The van der Waals surface area contributed by atoms with Crippen molar-refractivity contribution in [2.24, 2.45) is 4.99 Å². The summed E-state index contributed by atoms with van der Waals surface area (Å²) >= 11 is 0. The Balaban J connectivity index is 2.98. The highest BCUT2D eigenvalue weighted by Crippen LogP contribution is 2.10. The van der Waals surface area contributed by atoms with Crippen LogP contribution in [-0.4, -0.2) is 40.6 Å². The summed E-state index contributed by atoms with van der Waals surface area (Å²) in [5.74, 6) is -3.00. The number of carboxylic acid groups (broad SMARTS) is 2. The van der Waals surface area contributed by atoms with Crippen LogP contribution in [0.5, 0.6) is 0 Å². The number of aliphatic imine (C=N–C) groups is 1. The summed E-state index contributed by atoms with van der Waals surface area (Å²) in [7, 11) is 0. The van der Waals surface area contributed by atoms with Gasteiger partial charge in [-0.1, -0.05) is 0 Å². The molecule has 1 rings (SSSR count). The molecule has 6 heteroatoms. The number of carbonyl (C=O) groups is 2. The van der Waals surface area contributed by atoms with Gasteiger partial charge in [-0.05, 0) is 0 Å². The molecule has 0 aromatic heterocycles. The summed E-state index contributed by atoms with van der Waals surface area (Å²) in [6.45, 7) is 0.165. The number of aliphatic carboxylic acids is 2. The van der Waals surface area contributed by atoms with Gasteiger partial charge in [0.2, 0.25) is 0 Å². The molecular weight excluding hydrogens is 152 g/mol. The first-order valence-corrected chi connectivity index (χ1v) is 2.85. The SMILES string of the molecule is O=C(O)C1(C(=O)O)N=CCN1. The Labute approximate surface area is 61.5 Å². The third-order valence-electron chi connectivity index (χ3n) is 1.35. The van der Waals surface area contributed by atoms with Crippen molar-refractivity contribution in [3.63, 3.8) is 0 Å². The lowest BCUT2D eigenvalue weighted by Crippen LogP contribution is -2.54. The van der Waals surface area contributed by atoms with E-state index in [1.807, 2.05) is 0 Å². The molecule has 3 N–H and O–H groups in total. The van der Waals surface area contributed by atoms with Gasteiger partial charge in [0, 0.05) is 12.8 Å². The van der Waals surface area contributed by atoms with E-state index in [2.05, 4.69) is 10.3 Å². The quantitative estimate of drug-likeness (QED) is 0.426. The molecule has 1 heterocycles. The molecular formula is C5H6N2O4. The maximum Gasteiger partial charge on any atom is 0.358 e. The van der Waals surface area contributed by atoms with Gasteiger partial charge in [-0.2, -0.15) is 0 Å². The van der Waals surface area contributed by atoms with Gasteiger partial charge in [-0.25, -0.2) is 9.59 Å². The van der Waals surface area contributed by atoms with Gasteiger partial charge >= 0.3 is 17.6 Å². The Hall–Kier alpha value is -1.43. The standard InChI is InChI=1S/C5H6N2O4/c8-3(9)5(4(10)11)6-1-2-7-5/h1,7H,2H2,(H,8,9)(H,10,11). The maximum absolute atomic E-state index is 10.4. The number of carboxylic acids is 2. The number of hydrogen-bond acceptors (Lipinski definition) is 4. The van der Waals surface area contributed by atoms with Gasteiger partial charge in [-0.3, -0.25) is 10.3 Å². The first-order chi connectivity index (χ1) is 5.09. The Morgan fingerprint density at radius 1 is 1.45 bits per heavy atom. The minimum atomic E-state index is -2.15. The van der Waals surface area contributed by atoms with Gasteiger partial charge in [0.25, 0.3) is 0 Å². The molecule has 60 valence electrons. The van der Waals surface area contributed by atoms with E-state index in [4.69, 9.17) is 10.2 Å². The first-order valence-electron chi connectivity index (χ1n) is 2.85. The normalized spacial score (nSPS) is 20.0. The van der Waals surface area contributed by atoms with Crippen molar-refractivity contribution >= 4 is 18.2 Å². The molecule has 0 bridgehead atoms. The number of nitrogens with zero attached hydrogens (tertiary/aromatic N) is 1. The molecule has 0 atom stereocenters. The lowest BCUT2D eigenvalue weighted by Gasteiger charge is -2.14. The van der Waals surface area contributed by atoms with E-state index in [0.29, 0.717) is 0 Å². The summed E-state index contributed by atoms with van der Waals surface area (Å²) in [5, 5.41) is 19.2. The monoisotopic (exact) mass is 158 g/mol. The summed E-state index contributed by atoms with van der Waals surface area (Å²) < 4.78 is 0. The van der Waals surface area contributed by atoms with E-state index in [0.717, 1.165) is 0 Å². The van der Waals surface area contributed by atoms with Gasteiger partial charge in [-0.15, -0.1) is 0 Å². The van der Waals surface area contributed by atoms with Crippen LogP contribution >= 0.6 is 0 Å². The second kappa shape index (κ2) is 2.31. The molecule has 0 saturated carbocycles. The summed E-state index contributed by atoms with van der Waals surface area (Å²) in [4.78, 5) is 24.1. The van der Waals surface area contributed by atoms with Crippen LogP contribution < -0.4 is 5.32 Å². The molecule has 0 unspecified atom stereocenters. The highest BCUT2D eigenvalue weighted by atomic mass is 16.4. The second-order valence-electron chi connectivity index (χ2n) is 2.01. The van der Waals surface area contributed by atoms with Crippen LogP contribution in [-0.2, 0) is 9.59 Å². The minimum absolute atomic E-state index is 0.165. The van der Waals surface area contributed by atoms with E-state index in [1.54, 1.807) is 0 Å². The average molecular weight is 158 g/mol. The van der Waals surface area contributed by atoms with E-state index in [1.165, 1.54) is 6.21 Å². The van der Waals surface area contributed by atoms with Crippen molar-refractivity contribution in [2.75, 3.05) is 6.54 Å². The fraction of sp³-hybridized carbons (Fsp3) is 0.400. The molecule has 1 aliphatic rings. The summed E-state index contributed by atoms with van der Waals surface area (Å²) in [5.41, 5.74) is -2.15. The molecule has 0 amide bonds. The van der Waals surface area contributed by atoms with E-state index in [-0.39, 0.29) is 6.54 Å². The number of nitrogens with one attached hydrogen (secondary N) is 1. The third kappa shape index (κ3) is 0.966. The number of rotatable bonds is 2. The van der Waals surface area contributed by atoms with Gasteiger partial charge in [0.05, 0.1) is 0 Å². The molecule has 11 heavy (non-hydrogen) atoms. The molecule has 0 radical (unpaired) electrons. The van der Waals surface area contributed by atoms with E-state index < -0.39 is 17.6 Å². The summed E-state index contributed by atoms with van der Waals surface area (Å²) in [6.07, 6.45) is 1.22. The Bertz CT molecular complexity index is 221. The topological polar surface area (TPSA) is 99.0 Å². The predicted molar refractivity (Wildman–Crippen MR) is 34.5 cm³/mol. The Morgan fingerprint density at radius 2 is 2.00 bits per heavy atom. The molecule has 0 spiro atoms. The van der Waals surface area contributed by atoms with Gasteiger partial charge < -0.3 is 10.2 Å². The van der Waals surface area contributed by atoms with Crippen LogP contribution in [0.4, 0.5) is 0 Å². The molecule has 0 aromatic carbocycles. The fourth-order valence-electron chi connectivity index (χ4n) is 0.775. The minimum Gasteiger partial charge on any atom is -0.478 e. The maximum atomic E-state index is 10.4. The van der Waals surface area contributed by atoms with Crippen molar-refractivity contribution in [3.8, 4) is 0 Å². The van der Waals surface area contributed by atoms with Gasteiger partial charge in [0.15, 0.2) is 0 Å². The van der Waals surface area contributed by atoms with Crippen LogP contribution in [0.25, 0.3) is 0 Å². The van der Waals surface area contributed by atoms with E-state index in [9.17, 15) is 9.59 Å². The van der Waals surface area contributed by atoms with Crippen molar-refractivity contribution in [2.45, 2.75) is 5.66 Å². The molecule has 0 fully saturated rings. The summed E-state index contributed by atoms with van der Waals surface area (Å²) in [6, 6.07) is 0. The largest absolute Gasteiger partial charge is 0.478 e. The Morgan fingerprint density at radius 3 is 2.18 bits per heavy atom. The van der Waals surface area contributed by atoms with E-state index >= 15 is 0 Å². The third-order valence-corrected chi connectivity index (χ3v) is 1.35. The second-order valence-corrected chi connectivity index (χ2v) is 2.01. The highest BCUT2D eigenvalue weighted by molar-refractivity contribution is 6.05. The van der Waals surface area contributed by atoms with Crippen LogP contribution in [0.3, 0.4) is 0 Å². The van der Waals surface area contributed by atoms with Crippen LogP contribution in [0.2, 0.25) is 0 Å².